The molecule has 1 heterocycles. The normalized spacial score (nSPS) is 10.1. The van der Waals surface area contributed by atoms with E-state index in [9.17, 15) is 9.59 Å². The molecule has 7 nitrogen and oxygen atoms in total. The number of nitrogens with zero attached hydrogens (tertiary/aromatic N) is 1. The molecule has 0 radical (unpaired) electrons. The highest BCUT2D eigenvalue weighted by Gasteiger charge is 2.15. The van der Waals surface area contributed by atoms with Crippen LogP contribution in [0.15, 0.2) is 53.9 Å². The van der Waals surface area contributed by atoms with Crippen molar-refractivity contribution in [2.24, 2.45) is 0 Å². The van der Waals surface area contributed by atoms with Crippen molar-refractivity contribution >= 4 is 34.0 Å². The number of hydrogen-bond acceptors (Lipinski definition) is 6. The molecular weight excluding hydrogens is 366 g/mol. The number of rotatable bonds is 6. The number of benzene rings is 2. The summed E-state index contributed by atoms with van der Waals surface area (Å²) < 4.78 is 10.3. The Morgan fingerprint density at radius 2 is 1.67 bits per heavy atom. The van der Waals surface area contributed by atoms with Crippen molar-refractivity contribution in [1.29, 1.82) is 0 Å². The second-order valence-electron chi connectivity index (χ2n) is 5.37. The van der Waals surface area contributed by atoms with Crippen LogP contribution in [-0.4, -0.2) is 31.0 Å². The second kappa shape index (κ2) is 8.33. The van der Waals surface area contributed by atoms with E-state index in [4.69, 9.17) is 9.47 Å². The first-order valence-electron chi connectivity index (χ1n) is 7.96. The van der Waals surface area contributed by atoms with E-state index in [1.807, 2.05) is 6.07 Å². The molecular formula is C19H17N3O4S. The standard InChI is InChI=1S/C19H17N3O4S/c1-25-13-9-7-12(8-10-13)17(23)22-19-21-15(11-27-19)18(24)20-14-5-3-4-6-16(14)26-2/h3-11H,1-2H3,(H,20,24)(H,21,22,23). The summed E-state index contributed by atoms with van der Waals surface area (Å²) in [6, 6.07) is 13.8. The Labute approximate surface area is 160 Å². The third kappa shape index (κ3) is 4.42. The van der Waals surface area contributed by atoms with Crippen LogP contribution in [0, 0.1) is 0 Å². The van der Waals surface area contributed by atoms with Gasteiger partial charge in [-0.1, -0.05) is 12.1 Å². The van der Waals surface area contributed by atoms with Crippen molar-refractivity contribution in [3.63, 3.8) is 0 Å². The molecule has 3 rings (SSSR count). The minimum absolute atomic E-state index is 0.205. The molecule has 2 aromatic carbocycles. The summed E-state index contributed by atoms with van der Waals surface area (Å²) in [4.78, 5) is 28.8. The summed E-state index contributed by atoms with van der Waals surface area (Å²) in [5.41, 5.74) is 1.21. The zero-order valence-electron chi connectivity index (χ0n) is 14.7. The van der Waals surface area contributed by atoms with E-state index >= 15 is 0 Å². The Morgan fingerprint density at radius 1 is 0.926 bits per heavy atom. The number of aromatic nitrogens is 1. The fraction of sp³-hybridized carbons (Fsp3) is 0.105. The summed E-state index contributed by atoms with van der Waals surface area (Å²) >= 11 is 1.17. The van der Waals surface area contributed by atoms with Gasteiger partial charge in [-0.05, 0) is 36.4 Å². The van der Waals surface area contributed by atoms with Gasteiger partial charge in [-0.25, -0.2) is 4.98 Å². The second-order valence-corrected chi connectivity index (χ2v) is 6.23. The number of para-hydroxylation sites is 2. The van der Waals surface area contributed by atoms with Crippen molar-refractivity contribution in [3.05, 3.63) is 65.2 Å². The topological polar surface area (TPSA) is 89.5 Å². The average molecular weight is 383 g/mol. The molecule has 0 saturated carbocycles. The van der Waals surface area contributed by atoms with Crippen LogP contribution in [0.1, 0.15) is 20.8 Å². The van der Waals surface area contributed by atoms with Gasteiger partial charge in [-0.2, -0.15) is 0 Å². The number of carbonyl (C=O) groups excluding carboxylic acids is 2. The molecule has 0 aliphatic carbocycles. The molecule has 8 heteroatoms. The van der Waals surface area contributed by atoms with E-state index < -0.39 is 0 Å². The van der Waals surface area contributed by atoms with E-state index in [1.54, 1.807) is 55.0 Å². The van der Waals surface area contributed by atoms with Gasteiger partial charge >= 0.3 is 0 Å². The molecule has 0 fully saturated rings. The van der Waals surface area contributed by atoms with Gasteiger partial charge in [0.15, 0.2) is 5.13 Å². The maximum atomic E-state index is 12.4. The van der Waals surface area contributed by atoms with E-state index in [1.165, 1.54) is 18.4 Å². The van der Waals surface area contributed by atoms with Crippen molar-refractivity contribution < 1.29 is 19.1 Å². The van der Waals surface area contributed by atoms with Crippen molar-refractivity contribution in [3.8, 4) is 11.5 Å². The van der Waals surface area contributed by atoms with Crippen LogP contribution in [0.5, 0.6) is 11.5 Å². The molecule has 2 amide bonds. The van der Waals surface area contributed by atoms with Crippen LogP contribution < -0.4 is 20.1 Å². The molecule has 27 heavy (non-hydrogen) atoms. The van der Waals surface area contributed by atoms with Crippen LogP contribution in [0.2, 0.25) is 0 Å². The summed E-state index contributed by atoms with van der Waals surface area (Å²) in [5.74, 6) is 0.509. The summed E-state index contributed by atoms with van der Waals surface area (Å²) in [7, 11) is 3.09. The molecule has 138 valence electrons. The van der Waals surface area contributed by atoms with Gasteiger partial charge in [0.25, 0.3) is 11.8 Å². The third-order valence-corrected chi connectivity index (χ3v) is 4.42. The van der Waals surface area contributed by atoms with Crippen molar-refractivity contribution in [2.45, 2.75) is 0 Å². The van der Waals surface area contributed by atoms with Gasteiger partial charge in [0.05, 0.1) is 19.9 Å². The minimum Gasteiger partial charge on any atom is -0.497 e. The maximum absolute atomic E-state index is 12.4. The number of carbonyl (C=O) groups is 2. The summed E-state index contributed by atoms with van der Waals surface area (Å²) in [6.45, 7) is 0. The molecule has 0 aliphatic rings. The molecule has 1 aromatic heterocycles. The summed E-state index contributed by atoms with van der Waals surface area (Å²) in [6.07, 6.45) is 0. The van der Waals surface area contributed by atoms with Gasteiger partial charge in [0.2, 0.25) is 0 Å². The lowest BCUT2D eigenvalue weighted by molar-refractivity contribution is 0.101. The van der Waals surface area contributed by atoms with Gasteiger partial charge in [0.1, 0.15) is 17.2 Å². The Hall–Kier alpha value is -3.39. The fourth-order valence-corrected chi connectivity index (χ4v) is 2.97. The van der Waals surface area contributed by atoms with E-state index in [2.05, 4.69) is 15.6 Å². The van der Waals surface area contributed by atoms with Gasteiger partial charge in [-0.15, -0.1) is 11.3 Å². The predicted molar refractivity (Wildman–Crippen MR) is 104 cm³/mol. The largest absolute Gasteiger partial charge is 0.497 e. The smallest absolute Gasteiger partial charge is 0.275 e. The number of nitrogens with one attached hydrogen (secondary N) is 2. The summed E-state index contributed by atoms with van der Waals surface area (Å²) in [5, 5.41) is 7.33. The number of ether oxygens (including phenoxy) is 2. The fourth-order valence-electron chi connectivity index (χ4n) is 2.28. The lowest BCUT2D eigenvalue weighted by Gasteiger charge is -2.08. The molecule has 3 aromatic rings. The molecule has 0 bridgehead atoms. The molecule has 2 N–H and O–H groups in total. The predicted octanol–water partition coefficient (Wildman–Crippen LogP) is 3.66. The van der Waals surface area contributed by atoms with Crippen molar-refractivity contribution in [2.75, 3.05) is 24.9 Å². The third-order valence-electron chi connectivity index (χ3n) is 3.66. The highest BCUT2D eigenvalue weighted by Crippen LogP contribution is 2.24. The van der Waals surface area contributed by atoms with Crippen LogP contribution in [0.3, 0.4) is 0 Å². The SMILES string of the molecule is COc1ccc(C(=O)Nc2nc(C(=O)Nc3ccccc3OC)cs2)cc1. The monoisotopic (exact) mass is 383 g/mol. The Balaban J connectivity index is 1.66. The van der Waals surface area contributed by atoms with Crippen molar-refractivity contribution in [1.82, 2.24) is 4.98 Å². The first kappa shape index (κ1) is 18.4. The quantitative estimate of drug-likeness (QED) is 0.678. The zero-order chi connectivity index (χ0) is 19.2. The first-order valence-corrected chi connectivity index (χ1v) is 8.84. The maximum Gasteiger partial charge on any atom is 0.275 e. The lowest BCUT2D eigenvalue weighted by Crippen LogP contribution is -2.14. The number of hydrogen-bond donors (Lipinski definition) is 2. The van der Waals surface area contributed by atoms with Gasteiger partial charge in [-0.3, -0.25) is 14.9 Å². The Morgan fingerprint density at radius 3 is 2.37 bits per heavy atom. The van der Waals surface area contributed by atoms with Gasteiger partial charge < -0.3 is 14.8 Å². The molecule has 0 aliphatic heterocycles. The van der Waals surface area contributed by atoms with Crippen LogP contribution in [-0.2, 0) is 0 Å². The molecule has 0 atom stereocenters. The first-order chi connectivity index (χ1) is 13.1. The number of amides is 2. The van der Waals surface area contributed by atoms with Crippen LogP contribution in [0.25, 0.3) is 0 Å². The number of thiazole rings is 1. The molecule has 0 unspecified atom stereocenters. The van der Waals surface area contributed by atoms with E-state index in [0.717, 1.165) is 0 Å². The van der Waals surface area contributed by atoms with Crippen LogP contribution in [0.4, 0.5) is 10.8 Å². The number of anilines is 2. The highest BCUT2D eigenvalue weighted by atomic mass is 32.1. The number of methoxy groups -OCH3 is 2. The van der Waals surface area contributed by atoms with E-state index in [-0.39, 0.29) is 17.5 Å². The van der Waals surface area contributed by atoms with E-state index in [0.29, 0.717) is 27.9 Å². The minimum atomic E-state index is -0.388. The molecule has 0 spiro atoms. The van der Waals surface area contributed by atoms with Gasteiger partial charge in [0, 0.05) is 10.9 Å². The Bertz CT molecular complexity index is 954. The average Bonchev–Trinajstić information content (AvgIpc) is 3.17. The highest BCUT2D eigenvalue weighted by molar-refractivity contribution is 7.14. The lowest BCUT2D eigenvalue weighted by atomic mass is 10.2. The Kier molecular flexibility index (Phi) is 5.68. The van der Waals surface area contributed by atoms with Crippen LogP contribution >= 0.6 is 11.3 Å². The zero-order valence-corrected chi connectivity index (χ0v) is 15.5. The molecule has 0 saturated heterocycles.